The zero-order valence-electron chi connectivity index (χ0n) is 26.6. The van der Waals surface area contributed by atoms with Crippen molar-refractivity contribution < 1.29 is 0 Å². The molecule has 0 radical (unpaired) electrons. The molecule has 0 aliphatic carbocycles. The number of nitrogens with zero attached hydrogens (tertiary/aromatic N) is 2. The molecule has 0 aliphatic heterocycles. The fraction of sp³-hybridized carbons (Fsp3) is 0. The van der Waals surface area contributed by atoms with Gasteiger partial charge in [0.15, 0.2) is 0 Å². The first-order valence-corrected chi connectivity index (χ1v) is 17.5. The lowest BCUT2D eigenvalue weighted by Crippen LogP contribution is -2.10. The van der Waals surface area contributed by atoms with Crippen LogP contribution in [0, 0.1) is 0 Å². The summed E-state index contributed by atoms with van der Waals surface area (Å²) in [5.41, 5.74) is 9.58. The van der Waals surface area contributed by atoms with Gasteiger partial charge in [-0.15, -0.1) is 11.3 Å². The number of hydrogen-bond acceptors (Lipinski definition) is 2. The van der Waals surface area contributed by atoms with Crippen LogP contribution in [0.15, 0.2) is 182 Å². The van der Waals surface area contributed by atoms with E-state index in [9.17, 15) is 0 Å². The molecule has 0 spiro atoms. The third kappa shape index (κ3) is 4.40. The summed E-state index contributed by atoms with van der Waals surface area (Å²) in [4.78, 5) is 2.43. The third-order valence-corrected chi connectivity index (χ3v) is 11.0. The molecule has 0 saturated carbocycles. The summed E-state index contributed by atoms with van der Waals surface area (Å²) in [7, 11) is 0. The molecule has 49 heavy (non-hydrogen) atoms. The van der Waals surface area contributed by atoms with Crippen molar-refractivity contribution in [2.75, 3.05) is 4.90 Å². The van der Waals surface area contributed by atoms with E-state index in [1.807, 2.05) is 11.3 Å². The molecule has 230 valence electrons. The third-order valence-electron chi connectivity index (χ3n) is 9.76. The van der Waals surface area contributed by atoms with Crippen molar-refractivity contribution in [2.45, 2.75) is 0 Å². The van der Waals surface area contributed by atoms with Crippen molar-refractivity contribution in [3.8, 4) is 16.8 Å². The molecule has 0 fully saturated rings. The van der Waals surface area contributed by atoms with Crippen molar-refractivity contribution in [1.82, 2.24) is 4.57 Å². The SMILES string of the molecule is c1ccc(N(c2cccc3ccccc23)c2cccc3c2sc2cccc(-c4ccc5c6ccccc6n(-c6ccccc6)c5c4)c23)cc1. The average molecular weight is 643 g/mol. The van der Waals surface area contributed by atoms with Crippen LogP contribution in [-0.4, -0.2) is 4.57 Å². The lowest BCUT2D eigenvalue weighted by molar-refractivity contribution is 1.18. The highest BCUT2D eigenvalue weighted by atomic mass is 32.1. The Kier molecular flexibility index (Phi) is 6.39. The maximum absolute atomic E-state index is 2.43. The Morgan fingerprint density at radius 2 is 1.10 bits per heavy atom. The summed E-state index contributed by atoms with van der Waals surface area (Å²) in [5, 5.41) is 7.58. The molecule has 3 heteroatoms. The molecule has 0 aliphatic rings. The predicted octanol–water partition coefficient (Wildman–Crippen LogP) is 13.4. The maximum Gasteiger partial charge on any atom is 0.0640 e. The van der Waals surface area contributed by atoms with Crippen molar-refractivity contribution in [3.05, 3.63) is 182 Å². The van der Waals surface area contributed by atoms with Gasteiger partial charge in [-0.05, 0) is 71.1 Å². The van der Waals surface area contributed by atoms with Crippen LogP contribution >= 0.6 is 11.3 Å². The first kappa shape index (κ1) is 27.9. The summed E-state index contributed by atoms with van der Waals surface area (Å²) < 4.78 is 4.97. The van der Waals surface area contributed by atoms with Gasteiger partial charge in [0, 0.05) is 43.0 Å². The van der Waals surface area contributed by atoms with Crippen molar-refractivity contribution >= 4 is 81.1 Å². The fourth-order valence-electron chi connectivity index (χ4n) is 7.63. The smallest absolute Gasteiger partial charge is 0.0640 e. The van der Waals surface area contributed by atoms with E-state index in [1.165, 1.54) is 80.9 Å². The Hall–Kier alpha value is -6.16. The second-order valence-electron chi connectivity index (χ2n) is 12.5. The summed E-state index contributed by atoms with van der Waals surface area (Å²) in [6.07, 6.45) is 0. The van der Waals surface area contributed by atoms with Gasteiger partial charge >= 0.3 is 0 Å². The highest BCUT2D eigenvalue weighted by Gasteiger charge is 2.21. The number of aromatic nitrogens is 1. The second kappa shape index (κ2) is 11.2. The van der Waals surface area contributed by atoms with Gasteiger partial charge < -0.3 is 9.47 Å². The minimum Gasteiger partial charge on any atom is -0.309 e. The normalized spacial score (nSPS) is 11.7. The number of anilines is 3. The number of para-hydroxylation sites is 3. The lowest BCUT2D eigenvalue weighted by atomic mass is 9.98. The Labute approximate surface area is 288 Å². The van der Waals surface area contributed by atoms with E-state index in [-0.39, 0.29) is 0 Å². The summed E-state index contributed by atoms with van der Waals surface area (Å²) >= 11 is 1.88. The average Bonchev–Trinajstić information content (AvgIpc) is 3.72. The standard InChI is InChI=1S/C46H30N2S/c1-3-16-33(17-4-1)47(40-25-11-15-31-14-7-8-20-35(31)40)42-26-12-23-39-45-36(22-13-27-44(45)49-46(39)42)32-28-29-38-37-21-9-10-24-41(37)48(43(38)30-32)34-18-5-2-6-19-34/h1-30H. The van der Waals surface area contributed by atoms with Gasteiger partial charge in [0.05, 0.1) is 27.1 Å². The van der Waals surface area contributed by atoms with Crippen LogP contribution < -0.4 is 4.90 Å². The fourth-order valence-corrected chi connectivity index (χ4v) is 8.86. The molecule has 0 bridgehead atoms. The Bertz CT molecular complexity index is 2820. The van der Waals surface area contributed by atoms with Crippen LogP contribution in [0.1, 0.15) is 0 Å². The Morgan fingerprint density at radius 1 is 0.449 bits per heavy atom. The van der Waals surface area contributed by atoms with E-state index in [0.29, 0.717) is 0 Å². The molecule has 2 aromatic heterocycles. The molecule has 8 aromatic carbocycles. The van der Waals surface area contributed by atoms with Crippen molar-refractivity contribution in [3.63, 3.8) is 0 Å². The van der Waals surface area contributed by atoms with E-state index in [0.717, 1.165) is 5.69 Å². The quantitative estimate of drug-likeness (QED) is 0.181. The molecule has 0 amide bonds. The number of benzene rings is 8. The molecular formula is C46H30N2S. The van der Waals surface area contributed by atoms with Gasteiger partial charge in [0.2, 0.25) is 0 Å². The Morgan fingerprint density at radius 3 is 1.98 bits per heavy atom. The number of hydrogen-bond donors (Lipinski definition) is 0. The molecule has 10 rings (SSSR count). The first-order chi connectivity index (χ1) is 24.3. The first-order valence-electron chi connectivity index (χ1n) is 16.7. The molecule has 2 heterocycles. The van der Waals surface area contributed by atoms with E-state index in [1.54, 1.807) is 0 Å². The Balaban J connectivity index is 1.22. The molecular weight excluding hydrogens is 613 g/mol. The van der Waals surface area contributed by atoms with Gasteiger partial charge in [0.25, 0.3) is 0 Å². The maximum atomic E-state index is 2.43. The van der Waals surface area contributed by atoms with E-state index < -0.39 is 0 Å². The van der Waals surface area contributed by atoms with Crippen LogP contribution in [0.4, 0.5) is 17.1 Å². The van der Waals surface area contributed by atoms with Crippen molar-refractivity contribution in [2.24, 2.45) is 0 Å². The van der Waals surface area contributed by atoms with Gasteiger partial charge in [-0.25, -0.2) is 0 Å². The minimum atomic E-state index is 1.14. The monoisotopic (exact) mass is 642 g/mol. The van der Waals surface area contributed by atoms with Crippen molar-refractivity contribution in [1.29, 1.82) is 0 Å². The van der Waals surface area contributed by atoms with Gasteiger partial charge in [-0.1, -0.05) is 127 Å². The molecule has 10 aromatic rings. The zero-order valence-corrected chi connectivity index (χ0v) is 27.4. The molecule has 0 N–H and O–H groups in total. The number of rotatable bonds is 5. The topological polar surface area (TPSA) is 8.17 Å². The lowest BCUT2D eigenvalue weighted by Gasteiger charge is -2.27. The summed E-state index contributed by atoms with van der Waals surface area (Å²) in [6.45, 7) is 0. The number of fused-ring (bicyclic) bond motifs is 7. The van der Waals surface area contributed by atoms with Gasteiger partial charge in [-0.2, -0.15) is 0 Å². The highest BCUT2D eigenvalue weighted by Crippen LogP contribution is 2.48. The van der Waals surface area contributed by atoms with Gasteiger partial charge in [0.1, 0.15) is 0 Å². The molecule has 2 nitrogen and oxygen atoms in total. The predicted molar refractivity (Wildman–Crippen MR) is 211 cm³/mol. The molecule has 0 unspecified atom stereocenters. The van der Waals surface area contributed by atoms with Crippen LogP contribution in [0.3, 0.4) is 0 Å². The number of thiophene rings is 1. The van der Waals surface area contributed by atoms with E-state index in [2.05, 4.69) is 191 Å². The molecule has 0 saturated heterocycles. The summed E-state index contributed by atoms with van der Waals surface area (Å²) in [6, 6.07) is 66.1. The zero-order chi connectivity index (χ0) is 32.3. The van der Waals surface area contributed by atoms with E-state index >= 15 is 0 Å². The van der Waals surface area contributed by atoms with Crippen LogP contribution in [0.25, 0.3) is 69.6 Å². The largest absolute Gasteiger partial charge is 0.309 e. The highest BCUT2D eigenvalue weighted by molar-refractivity contribution is 7.26. The summed E-state index contributed by atoms with van der Waals surface area (Å²) in [5.74, 6) is 0. The van der Waals surface area contributed by atoms with Crippen LogP contribution in [-0.2, 0) is 0 Å². The van der Waals surface area contributed by atoms with Crippen LogP contribution in [0.5, 0.6) is 0 Å². The molecule has 0 atom stereocenters. The van der Waals surface area contributed by atoms with E-state index in [4.69, 9.17) is 0 Å². The minimum absolute atomic E-state index is 1.14. The second-order valence-corrected chi connectivity index (χ2v) is 13.6. The van der Waals surface area contributed by atoms with Gasteiger partial charge in [-0.3, -0.25) is 0 Å². The van der Waals surface area contributed by atoms with Crippen LogP contribution in [0.2, 0.25) is 0 Å².